The Morgan fingerprint density at radius 1 is 0.927 bits per heavy atom. The Kier molecular flexibility index (Phi) is 9.91. The van der Waals surface area contributed by atoms with Gasteiger partial charge in [0.2, 0.25) is 0 Å². The van der Waals surface area contributed by atoms with Gasteiger partial charge in [-0.15, -0.1) is 11.3 Å². The number of aryl methyl sites for hydroxylation is 1. The molecule has 1 amide bonds. The van der Waals surface area contributed by atoms with Crippen molar-refractivity contribution in [2.45, 2.75) is 31.2 Å². The van der Waals surface area contributed by atoms with Gasteiger partial charge in [0.1, 0.15) is 28.0 Å². The summed E-state index contributed by atoms with van der Waals surface area (Å²) in [5, 5.41) is 2.08. The number of nitrogens with zero attached hydrogens (tertiary/aromatic N) is 2. The van der Waals surface area contributed by atoms with Crippen LogP contribution in [0, 0.1) is 6.92 Å². The molecule has 0 unspecified atom stereocenters. The van der Waals surface area contributed by atoms with E-state index in [0.29, 0.717) is 35.0 Å². The van der Waals surface area contributed by atoms with E-state index in [1.54, 1.807) is 54.8 Å². The number of amides is 1. The first-order chi connectivity index (χ1) is 19.7. The van der Waals surface area contributed by atoms with Gasteiger partial charge in [0.05, 0.1) is 25.7 Å². The second kappa shape index (κ2) is 13.6. The van der Waals surface area contributed by atoms with Gasteiger partial charge in [-0.05, 0) is 49.6 Å². The third kappa shape index (κ3) is 7.59. The molecule has 0 aliphatic rings. The van der Waals surface area contributed by atoms with Crippen LogP contribution >= 0.6 is 11.3 Å². The molecule has 0 radical (unpaired) electrons. The van der Waals surface area contributed by atoms with Crippen LogP contribution in [0.5, 0.6) is 11.5 Å². The van der Waals surface area contributed by atoms with E-state index in [0.717, 1.165) is 12.0 Å². The molecule has 8 nitrogen and oxygen atoms in total. The molecule has 10 heteroatoms. The number of sulfone groups is 1. The fourth-order valence-corrected chi connectivity index (χ4v) is 6.44. The molecule has 0 aliphatic heterocycles. The van der Waals surface area contributed by atoms with Crippen LogP contribution in [0.4, 0.5) is 0 Å². The fourth-order valence-electron chi connectivity index (χ4n) is 4.40. The molecule has 4 rings (SSSR count). The maximum atomic E-state index is 13.8. The average Bonchev–Trinajstić information content (AvgIpc) is 3.46. The highest BCUT2D eigenvalue weighted by molar-refractivity contribution is 7.92. The number of thiazole rings is 1. The van der Waals surface area contributed by atoms with Crippen LogP contribution in [0.3, 0.4) is 0 Å². The van der Waals surface area contributed by atoms with Gasteiger partial charge in [-0.3, -0.25) is 9.59 Å². The number of benzene rings is 3. The van der Waals surface area contributed by atoms with Gasteiger partial charge in [0.25, 0.3) is 5.91 Å². The smallest absolute Gasteiger partial charge is 0.254 e. The number of ether oxygens (including phenoxy) is 2. The second-order valence-corrected chi connectivity index (χ2v) is 12.4. The third-order valence-electron chi connectivity index (χ3n) is 6.61. The highest BCUT2D eigenvalue weighted by atomic mass is 32.2. The van der Waals surface area contributed by atoms with E-state index >= 15 is 0 Å². The van der Waals surface area contributed by atoms with Crippen LogP contribution in [-0.2, 0) is 22.8 Å². The van der Waals surface area contributed by atoms with E-state index < -0.39 is 21.4 Å². The van der Waals surface area contributed by atoms with Crippen LogP contribution in [0.2, 0.25) is 0 Å². The van der Waals surface area contributed by atoms with Gasteiger partial charge in [0, 0.05) is 23.1 Å². The summed E-state index contributed by atoms with van der Waals surface area (Å²) in [6.45, 7) is 2.46. The van der Waals surface area contributed by atoms with Crippen LogP contribution in [0.1, 0.15) is 43.4 Å². The monoisotopic (exact) mass is 592 g/mol. The number of Topliss-reactive ketones (excluding diaryl/α,β-unsaturated/α-hetero) is 1. The first-order valence-electron chi connectivity index (χ1n) is 13.0. The SMILES string of the molecule is COc1cc(C(=O)N(CCCc2ccccc2)Cc2nc(C(=O)CS(=O)(=O)c3ccccc3)cs2)cc(OC)c1C. The minimum atomic E-state index is -3.80. The molecule has 0 N–H and O–H groups in total. The Balaban J connectivity index is 1.54. The summed E-state index contributed by atoms with van der Waals surface area (Å²) in [7, 11) is -0.716. The zero-order chi connectivity index (χ0) is 29.4. The van der Waals surface area contributed by atoms with Gasteiger partial charge in [-0.25, -0.2) is 13.4 Å². The number of carbonyl (C=O) groups is 2. The van der Waals surface area contributed by atoms with Crippen LogP contribution in [0.25, 0.3) is 0 Å². The Morgan fingerprint density at radius 3 is 2.15 bits per heavy atom. The van der Waals surface area contributed by atoms with Crippen LogP contribution in [0.15, 0.2) is 83.1 Å². The number of rotatable bonds is 13. The molecular weight excluding hydrogens is 560 g/mol. The highest BCUT2D eigenvalue weighted by Crippen LogP contribution is 2.30. The second-order valence-electron chi connectivity index (χ2n) is 9.44. The van der Waals surface area contributed by atoms with Crippen LogP contribution in [-0.4, -0.2) is 56.5 Å². The van der Waals surface area contributed by atoms with E-state index in [2.05, 4.69) is 4.98 Å². The van der Waals surface area contributed by atoms with Gasteiger partial charge in [0.15, 0.2) is 15.6 Å². The van der Waals surface area contributed by atoms with Gasteiger partial charge in [-0.1, -0.05) is 48.5 Å². The normalized spacial score (nSPS) is 11.2. The molecule has 1 aromatic heterocycles. The average molecular weight is 593 g/mol. The molecule has 214 valence electrons. The number of ketones is 1. The van der Waals surface area contributed by atoms with Crippen molar-refractivity contribution in [1.29, 1.82) is 0 Å². The summed E-state index contributed by atoms with van der Waals surface area (Å²) in [6, 6.07) is 21.3. The summed E-state index contributed by atoms with van der Waals surface area (Å²) >= 11 is 1.22. The summed E-state index contributed by atoms with van der Waals surface area (Å²) < 4.78 is 36.3. The summed E-state index contributed by atoms with van der Waals surface area (Å²) in [5.41, 5.74) is 2.43. The number of carbonyl (C=O) groups excluding carboxylic acids is 2. The topological polar surface area (TPSA) is 103 Å². The largest absolute Gasteiger partial charge is 0.496 e. The minimum absolute atomic E-state index is 0.0693. The molecule has 0 atom stereocenters. The van der Waals surface area contributed by atoms with Crippen molar-refractivity contribution < 1.29 is 27.5 Å². The number of methoxy groups -OCH3 is 2. The number of hydrogen-bond acceptors (Lipinski definition) is 8. The van der Waals surface area contributed by atoms with Crippen LogP contribution < -0.4 is 9.47 Å². The fraction of sp³-hybridized carbons (Fsp3) is 0.258. The molecule has 0 bridgehead atoms. The van der Waals surface area contributed by atoms with Crippen molar-refractivity contribution in [2.24, 2.45) is 0 Å². The molecule has 0 aliphatic carbocycles. The Bertz CT molecular complexity index is 1580. The van der Waals surface area contributed by atoms with Crippen molar-refractivity contribution in [2.75, 3.05) is 26.5 Å². The number of aromatic nitrogens is 1. The first kappa shape index (κ1) is 30.0. The van der Waals surface area contributed by atoms with E-state index in [4.69, 9.17) is 9.47 Å². The van der Waals surface area contributed by atoms with Crippen molar-refractivity contribution in [3.8, 4) is 11.5 Å². The number of hydrogen-bond donors (Lipinski definition) is 0. The predicted molar refractivity (Wildman–Crippen MR) is 159 cm³/mol. The van der Waals surface area contributed by atoms with E-state index in [1.165, 1.54) is 29.0 Å². The predicted octanol–water partition coefficient (Wildman–Crippen LogP) is 5.40. The maximum Gasteiger partial charge on any atom is 0.254 e. The van der Waals surface area contributed by atoms with Crippen molar-refractivity contribution in [3.05, 3.63) is 106 Å². The molecule has 0 saturated carbocycles. The summed E-state index contributed by atoms with van der Waals surface area (Å²) in [4.78, 5) is 32.8. The lowest BCUT2D eigenvalue weighted by molar-refractivity contribution is 0.0740. The Labute approximate surface area is 244 Å². The molecule has 3 aromatic carbocycles. The summed E-state index contributed by atoms with van der Waals surface area (Å²) in [5.74, 6) is -0.420. The van der Waals surface area contributed by atoms with E-state index in [1.807, 2.05) is 37.3 Å². The Hall–Kier alpha value is -4.02. The minimum Gasteiger partial charge on any atom is -0.496 e. The van der Waals surface area contributed by atoms with Gasteiger partial charge >= 0.3 is 0 Å². The highest BCUT2D eigenvalue weighted by Gasteiger charge is 2.24. The molecule has 0 spiro atoms. The quantitative estimate of drug-likeness (QED) is 0.192. The van der Waals surface area contributed by atoms with Gasteiger partial charge in [-0.2, -0.15) is 0 Å². The van der Waals surface area contributed by atoms with E-state index in [-0.39, 0.29) is 23.0 Å². The molecule has 0 saturated heterocycles. The lowest BCUT2D eigenvalue weighted by Gasteiger charge is -2.23. The molecule has 4 aromatic rings. The van der Waals surface area contributed by atoms with E-state index in [9.17, 15) is 18.0 Å². The molecular formula is C31H32N2O6S2. The Morgan fingerprint density at radius 2 is 1.54 bits per heavy atom. The van der Waals surface area contributed by atoms with Crippen molar-refractivity contribution in [1.82, 2.24) is 9.88 Å². The maximum absolute atomic E-state index is 13.8. The third-order valence-corrected chi connectivity index (χ3v) is 9.08. The van der Waals surface area contributed by atoms with Crippen molar-refractivity contribution >= 4 is 32.9 Å². The summed E-state index contributed by atoms with van der Waals surface area (Å²) in [6.07, 6.45) is 1.49. The zero-order valence-electron chi connectivity index (χ0n) is 23.2. The molecule has 1 heterocycles. The lowest BCUT2D eigenvalue weighted by Crippen LogP contribution is -2.32. The van der Waals surface area contributed by atoms with Gasteiger partial charge < -0.3 is 14.4 Å². The van der Waals surface area contributed by atoms with Crippen molar-refractivity contribution in [3.63, 3.8) is 0 Å². The zero-order valence-corrected chi connectivity index (χ0v) is 24.8. The standard InChI is InChI=1S/C31H32N2O6S2/c1-22-28(38-2)17-24(18-29(22)39-3)31(35)33(16-10-13-23-11-6-4-7-12-23)19-30-32-26(20-40-30)27(34)21-41(36,37)25-14-8-5-9-15-25/h4-9,11-12,14-15,17-18,20H,10,13,16,19,21H2,1-3H3. The molecule has 0 fully saturated rings. The lowest BCUT2D eigenvalue weighted by atomic mass is 10.1. The molecule has 41 heavy (non-hydrogen) atoms. The first-order valence-corrected chi connectivity index (χ1v) is 15.6.